The number of rotatable bonds is 4. The number of nitrogens with one attached hydrogen (secondary N) is 1. The normalized spacial score (nSPS) is 10.5. The molecule has 1 aromatic heterocycles. The molecular formula is C18H17N3O3. The van der Waals surface area contributed by atoms with Crippen molar-refractivity contribution in [3.05, 3.63) is 59.5 Å². The fourth-order valence-corrected chi connectivity index (χ4v) is 2.42. The predicted octanol–water partition coefficient (Wildman–Crippen LogP) is 3.61. The molecule has 0 aliphatic heterocycles. The van der Waals surface area contributed by atoms with Crippen LogP contribution in [0, 0.1) is 13.8 Å². The second-order valence-corrected chi connectivity index (χ2v) is 5.47. The SMILES string of the molecule is COc1cccc(-c2nnc(C(=O)Nc3cc(C)cc(C)c3)o2)c1. The van der Waals surface area contributed by atoms with Gasteiger partial charge in [-0.2, -0.15) is 0 Å². The van der Waals surface area contributed by atoms with Crippen molar-refractivity contribution in [1.82, 2.24) is 10.2 Å². The summed E-state index contributed by atoms with van der Waals surface area (Å²) in [4.78, 5) is 12.3. The van der Waals surface area contributed by atoms with Crippen LogP contribution in [0.2, 0.25) is 0 Å². The summed E-state index contributed by atoms with van der Waals surface area (Å²) in [5, 5.41) is 10.5. The van der Waals surface area contributed by atoms with Gasteiger partial charge in [0, 0.05) is 11.3 Å². The van der Waals surface area contributed by atoms with Crippen molar-refractivity contribution in [1.29, 1.82) is 0 Å². The van der Waals surface area contributed by atoms with E-state index in [1.54, 1.807) is 13.2 Å². The van der Waals surface area contributed by atoms with E-state index in [0.717, 1.165) is 11.1 Å². The molecule has 2 aromatic carbocycles. The van der Waals surface area contributed by atoms with E-state index in [2.05, 4.69) is 15.5 Å². The van der Waals surface area contributed by atoms with Crippen LogP contribution in [0.25, 0.3) is 11.5 Å². The van der Waals surface area contributed by atoms with Crippen LogP contribution < -0.4 is 10.1 Å². The maximum Gasteiger partial charge on any atom is 0.313 e. The maximum absolute atomic E-state index is 12.3. The minimum atomic E-state index is -0.443. The number of hydrogen-bond donors (Lipinski definition) is 1. The number of carbonyl (C=O) groups is 1. The summed E-state index contributed by atoms with van der Waals surface area (Å²) in [5.74, 6) is 0.403. The zero-order valence-corrected chi connectivity index (χ0v) is 13.7. The highest BCUT2D eigenvalue weighted by Gasteiger charge is 2.16. The minimum absolute atomic E-state index is 0.0908. The number of benzene rings is 2. The first-order chi connectivity index (χ1) is 11.5. The van der Waals surface area contributed by atoms with Gasteiger partial charge in [0.15, 0.2) is 0 Å². The molecule has 0 radical (unpaired) electrons. The molecule has 6 nitrogen and oxygen atoms in total. The zero-order valence-electron chi connectivity index (χ0n) is 13.7. The molecule has 1 amide bonds. The molecule has 3 aromatic rings. The number of amides is 1. The smallest absolute Gasteiger partial charge is 0.313 e. The van der Waals surface area contributed by atoms with Crippen LogP contribution >= 0.6 is 0 Å². The molecule has 0 unspecified atom stereocenters. The summed E-state index contributed by atoms with van der Waals surface area (Å²) in [7, 11) is 1.58. The predicted molar refractivity (Wildman–Crippen MR) is 90.2 cm³/mol. The lowest BCUT2D eigenvalue weighted by Crippen LogP contribution is -2.12. The number of nitrogens with zero attached hydrogens (tertiary/aromatic N) is 2. The molecule has 0 fully saturated rings. The Hall–Kier alpha value is -3.15. The lowest BCUT2D eigenvalue weighted by molar-refractivity contribution is 0.0991. The van der Waals surface area contributed by atoms with Crippen molar-refractivity contribution in [2.24, 2.45) is 0 Å². The number of aryl methyl sites for hydroxylation is 2. The van der Waals surface area contributed by atoms with E-state index in [1.165, 1.54) is 0 Å². The first kappa shape index (κ1) is 15.7. The van der Waals surface area contributed by atoms with Gasteiger partial charge < -0.3 is 14.5 Å². The fraction of sp³-hybridized carbons (Fsp3) is 0.167. The van der Waals surface area contributed by atoms with Gasteiger partial charge >= 0.3 is 11.8 Å². The molecule has 0 atom stereocenters. The fourth-order valence-electron chi connectivity index (χ4n) is 2.42. The molecule has 0 bridgehead atoms. The van der Waals surface area contributed by atoms with Crippen molar-refractivity contribution >= 4 is 11.6 Å². The Kier molecular flexibility index (Phi) is 4.29. The molecule has 0 spiro atoms. The van der Waals surface area contributed by atoms with Crippen LogP contribution in [-0.4, -0.2) is 23.2 Å². The second kappa shape index (κ2) is 6.54. The Bertz CT molecular complexity index is 866. The van der Waals surface area contributed by atoms with E-state index in [1.807, 2.05) is 50.2 Å². The zero-order chi connectivity index (χ0) is 17.1. The monoisotopic (exact) mass is 323 g/mol. The van der Waals surface area contributed by atoms with E-state index >= 15 is 0 Å². The van der Waals surface area contributed by atoms with Gasteiger partial charge in [-0.3, -0.25) is 4.79 Å². The van der Waals surface area contributed by atoms with Gasteiger partial charge in [0.2, 0.25) is 5.89 Å². The third-order valence-electron chi connectivity index (χ3n) is 3.42. The van der Waals surface area contributed by atoms with Crippen LogP contribution in [-0.2, 0) is 0 Å². The molecule has 122 valence electrons. The first-order valence-electron chi connectivity index (χ1n) is 7.43. The van der Waals surface area contributed by atoms with Crippen LogP contribution in [0.4, 0.5) is 5.69 Å². The Morgan fingerprint density at radius 2 is 1.83 bits per heavy atom. The lowest BCUT2D eigenvalue weighted by atomic mass is 10.1. The van der Waals surface area contributed by atoms with Gasteiger partial charge in [0.1, 0.15) is 5.75 Å². The quantitative estimate of drug-likeness (QED) is 0.793. The van der Waals surface area contributed by atoms with Crippen molar-refractivity contribution in [2.75, 3.05) is 12.4 Å². The molecule has 0 aliphatic carbocycles. The van der Waals surface area contributed by atoms with Gasteiger partial charge in [0.25, 0.3) is 0 Å². The van der Waals surface area contributed by atoms with E-state index in [9.17, 15) is 4.79 Å². The van der Waals surface area contributed by atoms with E-state index in [4.69, 9.17) is 9.15 Å². The summed E-state index contributed by atoms with van der Waals surface area (Å²) in [6, 6.07) is 13.0. The highest BCUT2D eigenvalue weighted by atomic mass is 16.5. The molecule has 24 heavy (non-hydrogen) atoms. The van der Waals surface area contributed by atoms with E-state index in [0.29, 0.717) is 17.0 Å². The minimum Gasteiger partial charge on any atom is -0.497 e. The Balaban J connectivity index is 1.80. The van der Waals surface area contributed by atoms with Gasteiger partial charge in [-0.25, -0.2) is 0 Å². The number of anilines is 1. The molecular weight excluding hydrogens is 306 g/mol. The molecule has 1 heterocycles. The third kappa shape index (κ3) is 3.43. The van der Waals surface area contributed by atoms with Crippen molar-refractivity contribution < 1.29 is 13.9 Å². The Labute approximate surface area is 139 Å². The average molecular weight is 323 g/mol. The van der Waals surface area contributed by atoms with Gasteiger partial charge in [0.05, 0.1) is 7.11 Å². The standard InChI is InChI=1S/C18H17N3O3/c1-11-7-12(2)9-14(8-11)19-16(22)18-21-20-17(24-18)13-5-4-6-15(10-13)23-3/h4-10H,1-3H3,(H,19,22). The highest BCUT2D eigenvalue weighted by Crippen LogP contribution is 2.23. The average Bonchev–Trinajstić information content (AvgIpc) is 3.04. The Morgan fingerprint density at radius 3 is 2.54 bits per heavy atom. The molecule has 0 saturated carbocycles. The molecule has 0 aliphatic rings. The third-order valence-corrected chi connectivity index (χ3v) is 3.42. The molecule has 0 saturated heterocycles. The van der Waals surface area contributed by atoms with Gasteiger partial charge in [-0.1, -0.05) is 12.1 Å². The number of aromatic nitrogens is 2. The van der Waals surface area contributed by atoms with Crippen molar-refractivity contribution in [2.45, 2.75) is 13.8 Å². The highest BCUT2D eigenvalue weighted by molar-refractivity contribution is 6.01. The first-order valence-corrected chi connectivity index (χ1v) is 7.43. The summed E-state index contributed by atoms with van der Waals surface area (Å²) in [5.41, 5.74) is 3.51. The Morgan fingerprint density at radius 1 is 1.08 bits per heavy atom. The topological polar surface area (TPSA) is 77.2 Å². The molecule has 3 rings (SSSR count). The lowest BCUT2D eigenvalue weighted by Gasteiger charge is -2.05. The largest absolute Gasteiger partial charge is 0.497 e. The van der Waals surface area contributed by atoms with E-state index in [-0.39, 0.29) is 11.8 Å². The number of ether oxygens (including phenoxy) is 1. The maximum atomic E-state index is 12.3. The van der Waals surface area contributed by atoms with Crippen molar-refractivity contribution in [3.63, 3.8) is 0 Å². The summed E-state index contributed by atoms with van der Waals surface area (Å²) >= 11 is 0. The summed E-state index contributed by atoms with van der Waals surface area (Å²) in [6.45, 7) is 3.94. The van der Waals surface area contributed by atoms with Crippen LogP contribution in [0.5, 0.6) is 5.75 Å². The number of carbonyl (C=O) groups excluding carboxylic acids is 1. The van der Waals surface area contributed by atoms with Crippen molar-refractivity contribution in [3.8, 4) is 17.2 Å². The summed E-state index contributed by atoms with van der Waals surface area (Å²) < 4.78 is 10.6. The van der Waals surface area contributed by atoms with Crippen LogP contribution in [0.15, 0.2) is 46.9 Å². The van der Waals surface area contributed by atoms with Gasteiger partial charge in [-0.05, 0) is 55.3 Å². The number of hydrogen-bond acceptors (Lipinski definition) is 5. The van der Waals surface area contributed by atoms with Crippen LogP contribution in [0.1, 0.15) is 21.8 Å². The molecule has 6 heteroatoms. The van der Waals surface area contributed by atoms with Gasteiger partial charge in [-0.15, -0.1) is 10.2 Å². The van der Waals surface area contributed by atoms with E-state index < -0.39 is 5.91 Å². The van der Waals surface area contributed by atoms with Crippen LogP contribution in [0.3, 0.4) is 0 Å². The second-order valence-electron chi connectivity index (χ2n) is 5.47. The number of methoxy groups -OCH3 is 1. The summed E-state index contributed by atoms with van der Waals surface area (Å²) in [6.07, 6.45) is 0. The molecule has 1 N–H and O–H groups in total.